The van der Waals surface area contributed by atoms with E-state index in [4.69, 9.17) is 10.6 Å². The average molecular weight is 286 g/mol. The maximum Gasteiger partial charge on any atom is 0.126 e. The van der Waals surface area contributed by atoms with Crippen molar-refractivity contribution in [1.29, 1.82) is 0 Å². The van der Waals surface area contributed by atoms with Gasteiger partial charge in [0.2, 0.25) is 0 Å². The van der Waals surface area contributed by atoms with E-state index in [1.54, 1.807) is 13.0 Å². The number of nitrogens with two attached hydrogens (primary N) is 1. The SMILES string of the molecule is Cc1cc(C(NN)C2COc3ccccc3C2)ccc1F. The lowest BCUT2D eigenvalue weighted by Gasteiger charge is -2.31. The van der Waals surface area contributed by atoms with Crippen LogP contribution in [0.1, 0.15) is 22.7 Å². The summed E-state index contributed by atoms with van der Waals surface area (Å²) in [6.07, 6.45) is 0.890. The maximum atomic E-state index is 13.4. The summed E-state index contributed by atoms with van der Waals surface area (Å²) in [7, 11) is 0. The summed E-state index contributed by atoms with van der Waals surface area (Å²) in [6.45, 7) is 2.36. The van der Waals surface area contributed by atoms with Gasteiger partial charge in [0.05, 0.1) is 12.6 Å². The highest BCUT2D eigenvalue weighted by Crippen LogP contribution is 2.33. The largest absolute Gasteiger partial charge is 0.493 e. The molecule has 0 amide bonds. The topological polar surface area (TPSA) is 47.3 Å². The smallest absolute Gasteiger partial charge is 0.126 e. The molecule has 0 aromatic heterocycles. The number of hydrazine groups is 1. The van der Waals surface area contributed by atoms with Crippen molar-refractivity contribution >= 4 is 0 Å². The minimum atomic E-state index is -0.195. The molecule has 0 aliphatic carbocycles. The highest BCUT2D eigenvalue weighted by molar-refractivity contribution is 5.36. The molecule has 0 bridgehead atoms. The minimum Gasteiger partial charge on any atom is -0.493 e. The van der Waals surface area contributed by atoms with Gasteiger partial charge in [-0.1, -0.05) is 30.3 Å². The number of para-hydroxylation sites is 1. The van der Waals surface area contributed by atoms with Crippen molar-refractivity contribution in [2.45, 2.75) is 19.4 Å². The molecule has 0 spiro atoms. The zero-order valence-electron chi connectivity index (χ0n) is 12.0. The Balaban J connectivity index is 1.86. The van der Waals surface area contributed by atoms with Crippen LogP contribution < -0.4 is 16.0 Å². The van der Waals surface area contributed by atoms with Crippen molar-refractivity contribution in [3.05, 3.63) is 65.0 Å². The normalized spacial score (nSPS) is 18.7. The molecule has 0 saturated carbocycles. The van der Waals surface area contributed by atoms with Crippen LogP contribution in [0.5, 0.6) is 5.75 Å². The molecule has 4 heteroatoms. The van der Waals surface area contributed by atoms with Gasteiger partial charge < -0.3 is 4.74 Å². The Labute approximate surface area is 123 Å². The fourth-order valence-electron chi connectivity index (χ4n) is 2.93. The molecular formula is C17H19FN2O. The van der Waals surface area contributed by atoms with Crippen molar-refractivity contribution in [2.75, 3.05) is 6.61 Å². The lowest BCUT2D eigenvalue weighted by Crippen LogP contribution is -2.38. The van der Waals surface area contributed by atoms with Gasteiger partial charge in [-0.3, -0.25) is 11.3 Å². The number of ether oxygens (including phenoxy) is 1. The van der Waals surface area contributed by atoms with Gasteiger partial charge in [-0.15, -0.1) is 0 Å². The number of halogens is 1. The Kier molecular flexibility index (Phi) is 3.90. The Bertz CT molecular complexity index is 644. The summed E-state index contributed by atoms with van der Waals surface area (Å²) < 4.78 is 19.3. The number of hydrogen-bond acceptors (Lipinski definition) is 3. The van der Waals surface area contributed by atoms with E-state index in [2.05, 4.69) is 11.5 Å². The van der Waals surface area contributed by atoms with Crippen LogP contribution in [0.3, 0.4) is 0 Å². The van der Waals surface area contributed by atoms with Crippen LogP contribution in [0.15, 0.2) is 42.5 Å². The van der Waals surface area contributed by atoms with Crippen LogP contribution in [-0.2, 0) is 6.42 Å². The third-order valence-corrected chi connectivity index (χ3v) is 4.10. The van der Waals surface area contributed by atoms with Gasteiger partial charge in [0.1, 0.15) is 11.6 Å². The minimum absolute atomic E-state index is 0.0577. The monoisotopic (exact) mass is 286 g/mol. The summed E-state index contributed by atoms with van der Waals surface area (Å²) >= 11 is 0. The molecule has 3 rings (SSSR count). The van der Waals surface area contributed by atoms with E-state index in [0.29, 0.717) is 12.2 Å². The number of benzene rings is 2. The number of nitrogens with one attached hydrogen (secondary N) is 1. The van der Waals surface area contributed by atoms with Gasteiger partial charge in [-0.25, -0.2) is 4.39 Å². The summed E-state index contributed by atoms with van der Waals surface area (Å²) in [5, 5.41) is 0. The average Bonchev–Trinajstić information content (AvgIpc) is 2.51. The fourth-order valence-corrected chi connectivity index (χ4v) is 2.93. The predicted octanol–water partition coefficient (Wildman–Crippen LogP) is 2.89. The lowest BCUT2D eigenvalue weighted by atomic mass is 9.86. The summed E-state index contributed by atoms with van der Waals surface area (Å²) in [5.41, 5.74) is 5.67. The Morgan fingerprint density at radius 1 is 1.29 bits per heavy atom. The second-order valence-corrected chi connectivity index (χ2v) is 5.54. The number of rotatable bonds is 3. The fraction of sp³-hybridized carbons (Fsp3) is 0.294. The van der Waals surface area contributed by atoms with Crippen LogP contribution in [0.2, 0.25) is 0 Å². The molecule has 2 aromatic rings. The molecule has 3 nitrogen and oxygen atoms in total. The van der Waals surface area contributed by atoms with Crippen LogP contribution in [0.4, 0.5) is 4.39 Å². The van der Waals surface area contributed by atoms with E-state index < -0.39 is 0 Å². The number of fused-ring (bicyclic) bond motifs is 1. The zero-order chi connectivity index (χ0) is 14.8. The first-order valence-electron chi connectivity index (χ1n) is 7.12. The summed E-state index contributed by atoms with van der Waals surface area (Å²) in [5.74, 6) is 6.71. The van der Waals surface area contributed by atoms with E-state index in [1.807, 2.05) is 24.3 Å². The number of aryl methyl sites for hydroxylation is 1. The molecule has 2 atom stereocenters. The second-order valence-electron chi connectivity index (χ2n) is 5.54. The maximum absolute atomic E-state index is 13.4. The summed E-state index contributed by atoms with van der Waals surface area (Å²) in [4.78, 5) is 0. The quantitative estimate of drug-likeness (QED) is 0.674. The van der Waals surface area contributed by atoms with Crippen LogP contribution in [0.25, 0.3) is 0 Å². The third-order valence-electron chi connectivity index (χ3n) is 4.10. The molecule has 110 valence electrons. The first kappa shape index (κ1) is 14.0. The zero-order valence-corrected chi connectivity index (χ0v) is 12.0. The van der Waals surface area contributed by atoms with E-state index in [1.165, 1.54) is 11.6 Å². The Hall–Kier alpha value is -1.91. The molecule has 0 saturated heterocycles. The van der Waals surface area contributed by atoms with Crippen LogP contribution in [-0.4, -0.2) is 6.61 Å². The summed E-state index contributed by atoms with van der Waals surface area (Å²) in [6, 6.07) is 13.1. The van der Waals surface area contributed by atoms with Crippen molar-refractivity contribution in [3.63, 3.8) is 0 Å². The third kappa shape index (κ3) is 2.77. The second kappa shape index (κ2) is 5.84. The first-order valence-corrected chi connectivity index (χ1v) is 7.12. The highest BCUT2D eigenvalue weighted by Gasteiger charge is 2.28. The van der Waals surface area contributed by atoms with Crippen LogP contribution >= 0.6 is 0 Å². The van der Waals surface area contributed by atoms with Crippen molar-refractivity contribution < 1.29 is 9.13 Å². The number of hydrogen-bond donors (Lipinski definition) is 2. The Morgan fingerprint density at radius 2 is 2.10 bits per heavy atom. The molecule has 2 unspecified atom stereocenters. The van der Waals surface area contributed by atoms with E-state index in [0.717, 1.165) is 17.7 Å². The molecule has 0 radical (unpaired) electrons. The van der Waals surface area contributed by atoms with Gasteiger partial charge in [0.15, 0.2) is 0 Å². The predicted molar refractivity (Wildman–Crippen MR) is 80.3 cm³/mol. The van der Waals surface area contributed by atoms with Gasteiger partial charge in [0, 0.05) is 5.92 Å². The first-order chi connectivity index (χ1) is 10.2. The van der Waals surface area contributed by atoms with E-state index in [9.17, 15) is 4.39 Å². The van der Waals surface area contributed by atoms with Gasteiger partial charge in [-0.2, -0.15) is 0 Å². The van der Waals surface area contributed by atoms with Crippen molar-refractivity contribution in [3.8, 4) is 5.75 Å². The molecule has 21 heavy (non-hydrogen) atoms. The van der Waals surface area contributed by atoms with E-state index in [-0.39, 0.29) is 17.8 Å². The van der Waals surface area contributed by atoms with E-state index >= 15 is 0 Å². The Morgan fingerprint density at radius 3 is 2.86 bits per heavy atom. The molecule has 3 N–H and O–H groups in total. The molecule has 1 heterocycles. The van der Waals surface area contributed by atoms with Gasteiger partial charge >= 0.3 is 0 Å². The lowest BCUT2D eigenvalue weighted by molar-refractivity contribution is 0.185. The van der Waals surface area contributed by atoms with Gasteiger partial charge in [-0.05, 0) is 42.2 Å². The highest BCUT2D eigenvalue weighted by atomic mass is 19.1. The molecule has 0 fully saturated rings. The standard InChI is InChI=1S/C17H19FN2O/c1-11-8-13(6-7-15(11)18)17(20-19)14-9-12-4-2-3-5-16(12)21-10-14/h2-8,14,17,20H,9-10,19H2,1H3. The molecule has 1 aliphatic rings. The van der Waals surface area contributed by atoms with Gasteiger partial charge in [0.25, 0.3) is 0 Å². The van der Waals surface area contributed by atoms with Crippen molar-refractivity contribution in [2.24, 2.45) is 11.8 Å². The van der Waals surface area contributed by atoms with Crippen molar-refractivity contribution in [1.82, 2.24) is 5.43 Å². The molecule has 1 aliphatic heterocycles. The van der Waals surface area contributed by atoms with Crippen LogP contribution in [0, 0.1) is 18.7 Å². The molecular weight excluding hydrogens is 267 g/mol. The molecule has 2 aromatic carbocycles.